The van der Waals surface area contributed by atoms with Gasteiger partial charge in [-0.15, -0.1) is 0 Å². The summed E-state index contributed by atoms with van der Waals surface area (Å²) in [5.74, 6) is 0. The molecule has 1 aromatic heterocycles. The summed E-state index contributed by atoms with van der Waals surface area (Å²) in [6, 6.07) is 8.11. The van der Waals surface area contributed by atoms with E-state index in [9.17, 15) is 4.79 Å². The first kappa shape index (κ1) is 12.4. The third-order valence-corrected chi connectivity index (χ3v) is 3.56. The number of aromatic nitrogens is 1. The van der Waals surface area contributed by atoms with E-state index in [4.69, 9.17) is 4.74 Å². The number of fused-ring (bicyclic) bond motifs is 1. The van der Waals surface area contributed by atoms with Crippen LogP contribution >= 0.6 is 0 Å². The lowest BCUT2D eigenvalue weighted by Crippen LogP contribution is -2.39. The zero-order valence-corrected chi connectivity index (χ0v) is 11.0. The van der Waals surface area contributed by atoms with E-state index in [0.29, 0.717) is 0 Å². The molecule has 0 aliphatic carbocycles. The molecular formula is C15H18N2O2. The zero-order chi connectivity index (χ0) is 13.2. The van der Waals surface area contributed by atoms with Crippen molar-refractivity contribution in [2.45, 2.75) is 19.4 Å². The molecule has 4 nitrogen and oxygen atoms in total. The molecule has 1 fully saturated rings. The minimum atomic E-state index is -0.0138. The largest absolute Gasteiger partial charge is 0.375 e. The zero-order valence-electron chi connectivity index (χ0n) is 11.0. The molecule has 2 heterocycles. The van der Waals surface area contributed by atoms with Crippen LogP contribution in [0.3, 0.4) is 0 Å². The Morgan fingerprint density at radius 3 is 3.05 bits per heavy atom. The number of aryl methyl sites for hydroxylation is 1. The summed E-state index contributed by atoms with van der Waals surface area (Å²) in [6.07, 6.45) is 1.15. The lowest BCUT2D eigenvalue weighted by atomic mass is 10.0. The van der Waals surface area contributed by atoms with Gasteiger partial charge in [0.2, 0.25) is 0 Å². The molecule has 1 aliphatic heterocycles. The molecule has 1 saturated heterocycles. The van der Waals surface area contributed by atoms with Crippen molar-refractivity contribution in [3.63, 3.8) is 0 Å². The molecule has 0 spiro atoms. The molecule has 0 bridgehead atoms. The molecule has 2 aromatic rings. The van der Waals surface area contributed by atoms with Gasteiger partial charge in [0.15, 0.2) is 0 Å². The van der Waals surface area contributed by atoms with Crippen LogP contribution in [0.4, 0.5) is 0 Å². The van der Waals surface area contributed by atoms with Crippen LogP contribution in [-0.4, -0.2) is 30.8 Å². The highest BCUT2D eigenvalue weighted by atomic mass is 16.5. The van der Waals surface area contributed by atoms with E-state index in [-0.39, 0.29) is 11.7 Å². The summed E-state index contributed by atoms with van der Waals surface area (Å²) in [7, 11) is 0. The van der Waals surface area contributed by atoms with Crippen molar-refractivity contribution in [3.8, 4) is 0 Å². The van der Waals surface area contributed by atoms with E-state index in [1.807, 2.05) is 19.1 Å². The Morgan fingerprint density at radius 1 is 1.37 bits per heavy atom. The van der Waals surface area contributed by atoms with E-state index in [0.717, 1.165) is 42.6 Å². The quantitative estimate of drug-likeness (QED) is 0.855. The summed E-state index contributed by atoms with van der Waals surface area (Å²) in [6.45, 7) is 4.46. The number of pyridine rings is 1. The van der Waals surface area contributed by atoms with Crippen LogP contribution in [0, 0.1) is 6.92 Å². The van der Waals surface area contributed by atoms with Gasteiger partial charge >= 0.3 is 0 Å². The van der Waals surface area contributed by atoms with Crippen LogP contribution in [0.15, 0.2) is 29.1 Å². The molecule has 4 heteroatoms. The number of ether oxygens (including phenoxy) is 1. The second-order valence-electron chi connectivity index (χ2n) is 5.10. The number of aromatic amines is 1. The Labute approximate surface area is 111 Å². The van der Waals surface area contributed by atoms with Crippen LogP contribution in [-0.2, 0) is 11.2 Å². The molecule has 2 N–H and O–H groups in total. The molecule has 1 aromatic carbocycles. The molecule has 1 aliphatic rings. The van der Waals surface area contributed by atoms with Crippen molar-refractivity contribution in [2.75, 3.05) is 19.7 Å². The van der Waals surface area contributed by atoms with Gasteiger partial charge in [0.1, 0.15) is 0 Å². The third-order valence-electron chi connectivity index (χ3n) is 3.56. The van der Waals surface area contributed by atoms with Gasteiger partial charge in [-0.05, 0) is 42.5 Å². The third kappa shape index (κ3) is 2.69. The summed E-state index contributed by atoms with van der Waals surface area (Å²) < 4.78 is 5.72. The molecule has 1 atom stereocenters. The van der Waals surface area contributed by atoms with Gasteiger partial charge in [-0.25, -0.2) is 0 Å². The average molecular weight is 258 g/mol. The predicted octanol–water partition coefficient (Wildman–Crippen LogP) is 1.37. The van der Waals surface area contributed by atoms with Crippen LogP contribution in [0.1, 0.15) is 11.1 Å². The number of morpholine rings is 1. The van der Waals surface area contributed by atoms with Gasteiger partial charge in [-0.3, -0.25) is 4.79 Å². The Balaban J connectivity index is 1.88. The number of hydrogen-bond donors (Lipinski definition) is 2. The predicted molar refractivity (Wildman–Crippen MR) is 75.6 cm³/mol. The Morgan fingerprint density at radius 2 is 2.26 bits per heavy atom. The van der Waals surface area contributed by atoms with E-state index in [2.05, 4.69) is 22.4 Å². The number of nitrogens with one attached hydrogen (secondary N) is 2. The number of H-pyrrole nitrogens is 1. The van der Waals surface area contributed by atoms with Crippen molar-refractivity contribution in [1.29, 1.82) is 0 Å². The summed E-state index contributed by atoms with van der Waals surface area (Å²) in [5.41, 5.74) is 2.87. The Hall–Kier alpha value is -1.65. The Kier molecular flexibility index (Phi) is 3.36. The van der Waals surface area contributed by atoms with Crippen molar-refractivity contribution >= 4 is 10.9 Å². The summed E-state index contributed by atoms with van der Waals surface area (Å²) >= 11 is 0. The fourth-order valence-electron chi connectivity index (χ4n) is 2.51. The topological polar surface area (TPSA) is 54.1 Å². The molecular weight excluding hydrogens is 240 g/mol. The smallest absolute Gasteiger partial charge is 0.251 e. The van der Waals surface area contributed by atoms with Gasteiger partial charge in [-0.2, -0.15) is 0 Å². The minimum absolute atomic E-state index is 0.0138. The van der Waals surface area contributed by atoms with Crippen molar-refractivity contribution < 1.29 is 4.74 Å². The van der Waals surface area contributed by atoms with E-state index >= 15 is 0 Å². The minimum Gasteiger partial charge on any atom is -0.375 e. The normalized spacial score (nSPS) is 19.7. The summed E-state index contributed by atoms with van der Waals surface area (Å²) in [5, 5.41) is 4.42. The standard InChI is InChI=1S/C15H18N2O2/c1-10-6-12-7-11(2-3-14(12)17-15(10)18)8-13-9-16-4-5-19-13/h2-3,6-7,13,16H,4-5,8-9H2,1H3,(H,17,18). The highest BCUT2D eigenvalue weighted by Gasteiger charge is 2.14. The van der Waals surface area contributed by atoms with Gasteiger partial charge in [-0.1, -0.05) is 6.07 Å². The summed E-state index contributed by atoms with van der Waals surface area (Å²) in [4.78, 5) is 14.4. The fourth-order valence-corrected chi connectivity index (χ4v) is 2.51. The average Bonchev–Trinajstić information content (AvgIpc) is 2.42. The first-order valence-electron chi connectivity index (χ1n) is 6.67. The van der Waals surface area contributed by atoms with E-state index in [1.54, 1.807) is 0 Å². The van der Waals surface area contributed by atoms with Gasteiger partial charge < -0.3 is 15.0 Å². The molecule has 0 amide bonds. The number of benzene rings is 1. The van der Waals surface area contributed by atoms with Crippen molar-refractivity contribution in [1.82, 2.24) is 10.3 Å². The van der Waals surface area contributed by atoms with E-state index < -0.39 is 0 Å². The molecule has 100 valence electrons. The molecule has 3 rings (SSSR count). The maximum Gasteiger partial charge on any atom is 0.251 e. The lowest BCUT2D eigenvalue weighted by molar-refractivity contribution is 0.0292. The van der Waals surface area contributed by atoms with Crippen molar-refractivity contribution in [3.05, 3.63) is 45.7 Å². The van der Waals surface area contributed by atoms with E-state index in [1.165, 1.54) is 5.56 Å². The molecule has 19 heavy (non-hydrogen) atoms. The maximum atomic E-state index is 11.6. The van der Waals surface area contributed by atoms with Gasteiger partial charge in [0, 0.05) is 24.2 Å². The second kappa shape index (κ2) is 5.15. The second-order valence-corrected chi connectivity index (χ2v) is 5.10. The Bertz CT molecular complexity index is 642. The van der Waals surface area contributed by atoms with Crippen LogP contribution in [0.2, 0.25) is 0 Å². The van der Waals surface area contributed by atoms with Crippen molar-refractivity contribution in [2.24, 2.45) is 0 Å². The SMILES string of the molecule is Cc1cc2cc(CC3CNCCO3)ccc2[nH]c1=O. The van der Waals surface area contributed by atoms with Gasteiger partial charge in [0.05, 0.1) is 12.7 Å². The number of rotatable bonds is 2. The monoisotopic (exact) mass is 258 g/mol. The molecule has 0 radical (unpaired) electrons. The maximum absolute atomic E-state index is 11.6. The van der Waals surface area contributed by atoms with Gasteiger partial charge in [0.25, 0.3) is 5.56 Å². The molecule has 1 unspecified atom stereocenters. The van der Waals surface area contributed by atoms with Crippen LogP contribution in [0.25, 0.3) is 10.9 Å². The van der Waals surface area contributed by atoms with Crippen LogP contribution in [0.5, 0.6) is 0 Å². The highest BCUT2D eigenvalue weighted by molar-refractivity contribution is 5.79. The fraction of sp³-hybridized carbons (Fsp3) is 0.400. The van der Waals surface area contributed by atoms with Crippen LogP contribution < -0.4 is 10.9 Å². The first-order valence-corrected chi connectivity index (χ1v) is 6.67. The molecule has 0 saturated carbocycles. The first-order chi connectivity index (χ1) is 9.22. The lowest BCUT2D eigenvalue weighted by Gasteiger charge is -2.23. The number of hydrogen-bond acceptors (Lipinski definition) is 3. The highest BCUT2D eigenvalue weighted by Crippen LogP contribution is 2.16.